The highest BCUT2D eigenvalue weighted by Crippen LogP contribution is 2.37. The Labute approximate surface area is 204 Å². The number of barbiturate groups is 1. The van der Waals surface area contributed by atoms with Crippen LogP contribution in [0.3, 0.4) is 0 Å². The lowest BCUT2D eigenvalue weighted by Gasteiger charge is -2.27. The first-order valence-corrected chi connectivity index (χ1v) is 10.7. The Hall–Kier alpha value is -2.80. The molecule has 0 aliphatic carbocycles. The van der Waals surface area contributed by atoms with Crippen molar-refractivity contribution < 1.29 is 37.0 Å². The van der Waals surface area contributed by atoms with Crippen LogP contribution < -0.4 is 19.7 Å². The molecule has 0 bridgehead atoms. The van der Waals surface area contributed by atoms with Crippen molar-refractivity contribution in [2.75, 3.05) is 18.6 Å². The minimum atomic E-state index is -4.74. The van der Waals surface area contributed by atoms with Crippen molar-refractivity contribution in [1.29, 1.82) is 0 Å². The summed E-state index contributed by atoms with van der Waals surface area (Å²) in [6.45, 7) is 2.17. The molecule has 0 aromatic heterocycles. The van der Waals surface area contributed by atoms with Gasteiger partial charge in [0.2, 0.25) is 0 Å². The molecule has 12 heteroatoms. The lowest BCUT2D eigenvalue weighted by Crippen LogP contribution is -2.54. The maximum atomic E-state index is 13.1. The number of imide groups is 2. The Kier molecular flexibility index (Phi) is 7.22. The van der Waals surface area contributed by atoms with E-state index >= 15 is 0 Å². The number of rotatable bonds is 5. The molecule has 0 unspecified atom stereocenters. The summed E-state index contributed by atoms with van der Waals surface area (Å²) in [6, 6.07) is 4.10. The van der Waals surface area contributed by atoms with Gasteiger partial charge in [-0.3, -0.25) is 14.9 Å². The number of ether oxygens (including phenoxy) is 2. The van der Waals surface area contributed by atoms with Gasteiger partial charge >= 0.3 is 12.2 Å². The molecule has 0 atom stereocenters. The van der Waals surface area contributed by atoms with Gasteiger partial charge in [-0.2, -0.15) is 13.2 Å². The summed E-state index contributed by atoms with van der Waals surface area (Å²) in [5.74, 6) is -1.33. The summed E-state index contributed by atoms with van der Waals surface area (Å²) in [5, 5.41) is 1.67. The van der Waals surface area contributed by atoms with Crippen molar-refractivity contribution in [3.63, 3.8) is 0 Å². The number of alkyl halides is 3. The van der Waals surface area contributed by atoms with E-state index in [2.05, 4.69) is 0 Å². The van der Waals surface area contributed by atoms with Gasteiger partial charge in [0, 0.05) is 0 Å². The second-order valence-electron chi connectivity index (χ2n) is 6.59. The fourth-order valence-electron chi connectivity index (χ4n) is 3.01. The minimum absolute atomic E-state index is 0.280. The maximum absolute atomic E-state index is 13.1. The molecule has 0 saturated carbocycles. The number of anilines is 1. The van der Waals surface area contributed by atoms with E-state index in [-0.39, 0.29) is 5.02 Å². The monoisotopic (exact) mass is 594 g/mol. The molecule has 7 nitrogen and oxygen atoms in total. The first-order valence-electron chi connectivity index (χ1n) is 9.26. The lowest BCUT2D eigenvalue weighted by molar-refractivity contribution is -0.137. The van der Waals surface area contributed by atoms with Gasteiger partial charge in [-0.05, 0) is 71.5 Å². The minimum Gasteiger partial charge on any atom is -0.493 e. The van der Waals surface area contributed by atoms with Crippen LogP contribution in [-0.4, -0.2) is 31.6 Å². The molecule has 2 aromatic rings. The molecule has 1 N–H and O–H groups in total. The third-order valence-corrected chi connectivity index (χ3v) is 5.59. The highest BCUT2D eigenvalue weighted by Gasteiger charge is 2.39. The first kappa shape index (κ1) is 24.8. The van der Waals surface area contributed by atoms with Crippen LogP contribution in [0.15, 0.2) is 35.9 Å². The fourth-order valence-corrected chi connectivity index (χ4v) is 3.99. The summed E-state index contributed by atoms with van der Waals surface area (Å²) in [6.07, 6.45) is -3.54. The van der Waals surface area contributed by atoms with Crippen LogP contribution in [-0.2, 0) is 15.8 Å². The SMILES string of the molecule is CCOc1c(I)cc(/C=C2\C(=O)NC(=O)N(c3cc(C(F)(F)F)ccc3Cl)C2=O)cc1OC. The number of hydrogen-bond donors (Lipinski definition) is 1. The number of methoxy groups -OCH3 is 1. The van der Waals surface area contributed by atoms with Crippen LogP contribution in [0, 0.1) is 3.57 Å². The zero-order valence-corrected chi connectivity index (χ0v) is 20.0. The van der Waals surface area contributed by atoms with Crippen LogP contribution in [0.25, 0.3) is 6.08 Å². The van der Waals surface area contributed by atoms with E-state index in [1.54, 1.807) is 13.0 Å². The normalized spacial score (nSPS) is 15.7. The van der Waals surface area contributed by atoms with Crippen molar-refractivity contribution >= 4 is 63.8 Å². The molecule has 1 aliphatic rings. The van der Waals surface area contributed by atoms with Crippen LogP contribution in [0.5, 0.6) is 11.5 Å². The molecule has 4 amide bonds. The molecule has 1 fully saturated rings. The number of amides is 4. The second-order valence-corrected chi connectivity index (χ2v) is 8.16. The van der Waals surface area contributed by atoms with Gasteiger partial charge < -0.3 is 9.47 Å². The van der Waals surface area contributed by atoms with Gasteiger partial charge in [-0.25, -0.2) is 9.69 Å². The number of carbonyl (C=O) groups excluding carboxylic acids is 3. The molecule has 3 rings (SSSR count). The maximum Gasteiger partial charge on any atom is 0.416 e. The Morgan fingerprint density at radius 2 is 1.88 bits per heavy atom. The summed E-state index contributed by atoms with van der Waals surface area (Å²) >= 11 is 7.97. The number of nitrogens with one attached hydrogen (secondary N) is 1. The van der Waals surface area contributed by atoms with E-state index in [1.165, 1.54) is 19.3 Å². The lowest BCUT2D eigenvalue weighted by atomic mass is 10.1. The molecule has 2 aromatic carbocycles. The molecule has 1 aliphatic heterocycles. The van der Waals surface area contributed by atoms with Crippen molar-refractivity contribution in [3.8, 4) is 11.5 Å². The average molecular weight is 595 g/mol. The number of hydrogen-bond acceptors (Lipinski definition) is 5. The summed E-state index contributed by atoms with van der Waals surface area (Å²) < 4.78 is 50.9. The van der Waals surface area contributed by atoms with Crippen LogP contribution in [0.1, 0.15) is 18.1 Å². The average Bonchev–Trinajstić information content (AvgIpc) is 2.73. The van der Waals surface area contributed by atoms with Gasteiger partial charge in [0.1, 0.15) is 5.57 Å². The van der Waals surface area contributed by atoms with Crippen molar-refractivity contribution in [3.05, 3.63) is 55.6 Å². The first-order chi connectivity index (χ1) is 15.5. The smallest absolute Gasteiger partial charge is 0.416 e. The second kappa shape index (κ2) is 9.59. The Morgan fingerprint density at radius 3 is 2.48 bits per heavy atom. The predicted molar refractivity (Wildman–Crippen MR) is 122 cm³/mol. The number of urea groups is 1. The number of nitrogens with zero attached hydrogens (tertiary/aromatic N) is 1. The number of carbonyl (C=O) groups is 3. The third-order valence-electron chi connectivity index (χ3n) is 4.47. The summed E-state index contributed by atoms with van der Waals surface area (Å²) in [4.78, 5) is 38.2. The van der Waals surface area contributed by atoms with E-state index in [4.69, 9.17) is 21.1 Å². The largest absolute Gasteiger partial charge is 0.493 e. The van der Waals surface area contributed by atoms with Crippen molar-refractivity contribution in [2.45, 2.75) is 13.1 Å². The molecule has 0 radical (unpaired) electrons. The van der Waals surface area contributed by atoms with E-state index in [0.29, 0.717) is 44.3 Å². The number of halogens is 5. The van der Waals surface area contributed by atoms with E-state index < -0.39 is 40.8 Å². The topological polar surface area (TPSA) is 84.9 Å². The molecular weight excluding hydrogens is 580 g/mol. The molecule has 1 heterocycles. The molecule has 1 saturated heterocycles. The van der Waals surface area contributed by atoms with Crippen LogP contribution in [0.4, 0.5) is 23.7 Å². The van der Waals surface area contributed by atoms with Crippen LogP contribution >= 0.6 is 34.2 Å². The summed E-state index contributed by atoms with van der Waals surface area (Å²) in [7, 11) is 1.42. The van der Waals surface area contributed by atoms with Gasteiger partial charge in [0.05, 0.1) is 33.6 Å². The van der Waals surface area contributed by atoms with Crippen molar-refractivity contribution in [2.24, 2.45) is 0 Å². The zero-order valence-electron chi connectivity index (χ0n) is 17.0. The molecule has 0 spiro atoms. The quantitative estimate of drug-likeness (QED) is 0.298. The third kappa shape index (κ3) is 5.08. The van der Waals surface area contributed by atoms with E-state index in [9.17, 15) is 27.6 Å². The number of benzene rings is 2. The Bertz CT molecular complexity index is 1180. The Morgan fingerprint density at radius 1 is 1.18 bits per heavy atom. The highest BCUT2D eigenvalue weighted by molar-refractivity contribution is 14.1. The van der Waals surface area contributed by atoms with Crippen molar-refractivity contribution in [1.82, 2.24) is 5.32 Å². The van der Waals surface area contributed by atoms with Gasteiger partial charge in [0.25, 0.3) is 11.8 Å². The highest BCUT2D eigenvalue weighted by atomic mass is 127. The zero-order chi connectivity index (χ0) is 24.5. The van der Waals surface area contributed by atoms with Gasteiger partial charge in [-0.1, -0.05) is 11.6 Å². The van der Waals surface area contributed by atoms with E-state index in [1.807, 2.05) is 27.9 Å². The standard InChI is InChI=1S/C21H15ClF3IN2O5/c1-3-33-17-14(26)7-10(8-16(17)32-2)6-12-18(29)27-20(31)28(19(12)30)15-9-11(21(23,24)25)4-5-13(15)22/h4-9H,3H2,1-2H3,(H,27,29,31)/b12-6+. The van der Waals surface area contributed by atoms with Gasteiger partial charge in [0.15, 0.2) is 11.5 Å². The van der Waals surface area contributed by atoms with E-state index in [0.717, 1.165) is 6.07 Å². The summed E-state index contributed by atoms with van der Waals surface area (Å²) in [5.41, 5.74) is -1.74. The predicted octanol–water partition coefficient (Wildman–Crippen LogP) is 5.04. The molecule has 33 heavy (non-hydrogen) atoms. The molecular formula is C21H15ClF3IN2O5. The van der Waals surface area contributed by atoms with Crippen LogP contribution in [0.2, 0.25) is 5.02 Å². The Balaban J connectivity index is 2.09. The van der Waals surface area contributed by atoms with Gasteiger partial charge in [-0.15, -0.1) is 0 Å². The molecule has 174 valence electrons. The fraction of sp³-hybridized carbons (Fsp3) is 0.190.